The van der Waals surface area contributed by atoms with Crippen molar-refractivity contribution in [1.82, 2.24) is 19.9 Å². The molecule has 140 valence electrons. The van der Waals surface area contributed by atoms with E-state index in [1.165, 1.54) is 12.1 Å². The lowest BCUT2D eigenvalue weighted by atomic mass is 10.2. The van der Waals surface area contributed by atoms with Gasteiger partial charge in [-0.25, -0.2) is 15.0 Å². The quantitative estimate of drug-likeness (QED) is 0.548. The Balaban J connectivity index is 1.48. The molecule has 0 aliphatic carbocycles. The zero-order valence-corrected chi connectivity index (χ0v) is 14.9. The Labute approximate surface area is 165 Å². The van der Waals surface area contributed by atoms with Crippen molar-refractivity contribution in [3.63, 3.8) is 0 Å². The molecular formula is C21H13N5O3. The molecule has 2 aromatic carbocycles. The topological polar surface area (TPSA) is 114 Å². The molecule has 0 spiro atoms. The highest BCUT2D eigenvalue weighted by atomic mass is 16.5. The maximum absolute atomic E-state index is 9.30. The molecular weight excluding hydrogens is 370 g/mol. The van der Waals surface area contributed by atoms with Gasteiger partial charge in [0.1, 0.15) is 17.2 Å². The first-order valence-electron chi connectivity index (χ1n) is 8.50. The second-order valence-electron chi connectivity index (χ2n) is 5.81. The first-order valence-corrected chi connectivity index (χ1v) is 8.50. The van der Waals surface area contributed by atoms with Crippen LogP contribution in [0.5, 0.6) is 29.3 Å². The highest BCUT2D eigenvalue weighted by Gasteiger charge is 2.07. The van der Waals surface area contributed by atoms with Gasteiger partial charge >= 0.3 is 12.0 Å². The number of nitriles is 1. The molecule has 29 heavy (non-hydrogen) atoms. The Bertz CT molecular complexity index is 1150. The Morgan fingerprint density at radius 2 is 1.38 bits per heavy atom. The Morgan fingerprint density at radius 3 is 2.03 bits per heavy atom. The maximum Gasteiger partial charge on any atom is 0.322 e. The van der Waals surface area contributed by atoms with E-state index in [9.17, 15) is 5.11 Å². The van der Waals surface area contributed by atoms with E-state index in [4.69, 9.17) is 14.7 Å². The number of rotatable bonds is 5. The lowest BCUT2D eigenvalue weighted by Gasteiger charge is -2.06. The van der Waals surface area contributed by atoms with Crippen LogP contribution in [0.15, 0.2) is 73.2 Å². The van der Waals surface area contributed by atoms with Crippen LogP contribution in [0.25, 0.3) is 11.3 Å². The van der Waals surface area contributed by atoms with Crippen molar-refractivity contribution in [2.24, 2.45) is 0 Å². The highest BCUT2D eigenvalue weighted by molar-refractivity contribution is 5.56. The monoisotopic (exact) mass is 383 g/mol. The summed E-state index contributed by atoms with van der Waals surface area (Å²) >= 11 is 0. The normalized spacial score (nSPS) is 10.2. The summed E-state index contributed by atoms with van der Waals surface area (Å²) in [6, 6.07) is 17.0. The first-order chi connectivity index (χ1) is 14.2. The van der Waals surface area contributed by atoms with E-state index < -0.39 is 0 Å². The summed E-state index contributed by atoms with van der Waals surface area (Å²) < 4.78 is 11.2. The van der Waals surface area contributed by atoms with E-state index in [0.717, 1.165) is 0 Å². The van der Waals surface area contributed by atoms with Crippen molar-refractivity contribution in [2.45, 2.75) is 0 Å². The maximum atomic E-state index is 9.30. The van der Waals surface area contributed by atoms with E-state index >= 15 is 0 Å². The van der Waals surface area contributed by atoms with Crippen molar-refractivity contribution in [1.29, 1.82) is 5.26 Å². The van der Waals surface area contributed by atoms with Gasteiger partial charge in [0.2, 0.25) is 0 Å². The smallest absolute Gasteiger partial charge is 0.322 e. The number of ether oxygens (including phenoxy) is 2. The third-order valence-corrected chi connectivity index (χ3v) is 3.80. The number of aromatic hydroxyl groups is 1. The van der Waals surface area contributed by atoms with E-state index in [2.05, 4.69) is 19.9 Å². The summed E-state index contributed by atoms with van der Waals surface area (Å²) in [5.41, 5.74) is 1.79. The second kappa shape index (κ2) is 8.02. The molecule has 4 rings (SSSR count). The minimum atomic E-state index is 0.149. The summed E-state index contributed by atoms with van der Waals surface area (Å²) in [6.07, 6.45) is 4.73. The number of aromatic nitrogens is 4. The number of hydrogen-bond acceptors (Lipinski definition) is 8. The third kappa shape index (κ3) is 4.43. The van der Waals surface area contributed by atoms with Crippen LogP contribution in [-0.4, -0.2) is 25.0 Å². The molecule has 0 radical (unpaired) electrons. The van der Waals surface area contributed by atoms with Gasteiger partial charge < -0.3 is 14.6 Å². The van der Waals surface area contributed by atoms with Crippen LogP contribution in [0.2, 0.25) is 0 Å². The Kier molecular flexibility index (Phi) is 4.95. The van der Waals surface area contributed by atoms with E-state index in [0.29, 0.717) is 28.3 Å². The first kappa shape index (κ1) is 17.9. The van der Waals surface area contributed by atoms with Crippen molar-refractivity contribution in [3.05, 3.63) is 78.8 Å². The Morgan fingerprint density at radius 1 is 0.759 bits per heavy atom. The molecule has 2 heterocycles. The van der Waals surface area contributed by atoms with Gasteiger partial charge in [0.25, 0.3) is 0 Å². The molecule has 0 fully saturated rings. The highest BCUT2D eigenvalue weighted by Crippen LogP contribution is 2.24. The molecule has 8 heteroatoms. The summed E-state index contributed by atoms with van der Waals surface area (Å²) in [4.78, 5) is 16.8. The molecule has 0 unspecified atom stereocenters. The minimum Gasteiger partial charge on any atom is -0.508 e. The standard InChI is InChI=1S/C21H13N5O3/c22-11-14-1-5-17(6-2-14)29-21-23-10-9-19(26-21)15-12-24-20(25-13-15)28-18-7-3-16(27)4-8-18/h1-10,12-13,27H. The molecule has 0 saturated carbocycles. The fourth-order valence-corrected chi connectivity index (χ4v) is 2.37. The van der Waals surface area contributed by atoms with Crippen molar-refractivity contribution >= 4 is 0 Å². The molecule has 0 bridgehead atoms. The summed E-state index contributed by atoms with van der Waals surface area (Å²) in [5.74, 6) is 1.18. The van der Waals surface area contributed by atoms with Gasteiger partial charge in [0.15, 0.2) is 0 Å². The molecule has 0 aliphatic heterocycles. The number of nitrogens with zero attached hydrogens (tertiary/aromatic N) is 5. The van der Waals surface area contributed by atoms with Gasteiger partial charge in [-0.2, -0.15) is 10.2 Å². The molecule has 1 N–H and O–H groups in total. The average Bonchev–Trinajstić information content (AvgIpc) is 2.77. The van der Waals surface area contributed by atoms with Crippen LogP contribution in [-0.2, 0) is 0 Å². The SMILES string of the molecule is N#Cc1ccc(Oc2nccc(-c3cnc(Oc4ccc(O)cc4)nc3)n2)cc1. The van der Waals surface area contributed by atoms with E-state index in [-0.39, 0.29) is 17.8 Å². The predicted octanol–water partition coefficient (Wildman–Crippen LogP) is 4.10. The van der Waals surface area contributed by atoms with Crippen LogP contribution in [0, 0.1) is 11.3 Å². The van der Waals surface area contributed by atoms with Crippen LogP contribution in [0.4, 0.5) is 0 Å². The molecule has 0 aliphatic rings. The van der Waals surface area contributed by atoms with Crippen LogP contribution in [0.1, 0.15) is 5.56 Å². The number of benzene rings is 2. The summed E-state index contributed by atoms with van der Waals surface area (Å²) in [5, 5.41) is 18.1. The third-order valence-electron chi connectivity index (χ3n) is 3.80. The predicted molar refractivity (Wildman–Crippen MR) is 102 cm³/mol. The number of phenolic OH excluding ortho intramolecular Hbond substituents is 1. The van der Waals surface area contributed by atoms with E-state index in [1.807, 2.05) is 6.07 Å². The minimum absolute atomic E-state index is 0.149. The zero-order chi connectivity index (χ0) is 20.1. The summed E-state index contributed by atoms with van der Waals surface area (Å²) in [6.45, 7) is 0. The van der Waals surface area contributed by atoms with Gasteiger partial charge in [-0.3, -0.25) is 0 Å². The van der Waals surface area contributed by atoms with E-state index in [1.54, 1.807) is 61.1 Å². The molecule has 4 aromatic rings. The average molecular weight is 383 g/mol. The number of hydrogen-bond donors (Lipinski definition) is 1. The van der Waals surface area contributed by atoms with Gasteiger partial charge in [0, 0.05) is 24.2 Å². The van der Waals surface area contributed by atoms with Crippen molar-refractivity contribution in [2.75, 3.05) is 0 Å². The van der Waals surface area contributed by atoms with Gasteiger partial charge in [0.05, 0.1) is 17.3 Å². The van der Waals surface area contributed by atoms with Gasteiger partial charge in [-0.1, -0.05) is 0 Å². The van der Waals surface area contributed by atoms with Crippen LogP contribution in [0.3, 0.4) is 0 Å². The lowest BCUT2D eigenvalue weighted by molar-refractivity contribution is 0.437. The van der Waals surface area contributed by atoms with Crippen LogP contribution < -0.4 is 9.47 Å². The molecule has 0 amide bonds. The molecule has 2 aromatic heterocycles. The van der Waals surface area contributed by atoms with Gasteiger partial charge in [-0.15, -0.1) is 0 Å². The molecule has 8 nitrogen and oxygen atoms in total. The molecule has 0 saturated heterocycles. The van der Waals surface area contributed by atoms with Gasteiger partial charge in [-0.05, 0) is 54.6 Å². The largest absolute Gasteiger partial charge is 0.508 e. The Hall–Kier alpha value is -4.51. The lowest BCUT2D eigenvalue weighted by Crippen LogP contribution is -1.95. The zero-order valence-electron chi connectivity index (χ0n) is 14.9. The fraction of sp³-hybridized carbons (Fsp3) is 0. The molecule has 0 atom stereocenters. The number of phenols is 1. The fourth-order valence-electron chi connectivity index (χ4n) is 2.37. The van der Waals surface area contributed by atoms with Crippen molar-refractivity contribution < 1.29 is 14.6 Å². The summed E-state index contributed by atoms with van der Waals surface area (Å²) in [7, 11) is 0. The van der Waals surface area contributed by atoms with Crippen LogP contribution >= 0.6 is 0 Å². The second-order valence-corrected chi connectivity index (χ2v) is 5.81. The van der Waals surface area contributed by atoms with Crippen molar-refractivity contribution in [3.8, 4) is 46.6 Å².